The summed E-state index contributed by atoms with van der Waals surface area (Å²) in [6, 6.07) is 5.44. The fraction of sp³-hybridized carbons (Fsp3) is 0.167. The fourth-order valence-electron chi connectivity index (χ4n) is 1.54. The number of halogens is 1. The van der Waals surface area contributed by atoms with Crippen LogP contribution in [-0.4, -0.2) is 24.2 Å². The van der Waals surface area contributed by atoms with Crippen LogP contribution >= 0.6 is 15.9 Å². The standard InChI is InChI=1S/C12H14BrN5O2/c1-19-8-3-7(4-9(5-8)20-2)16-11-10(13)6-15-12(17-11)18-14/h3-6H,14H2,1-2H3,(H2,15,16,17,18). The summed E-state index contributed by atoms with van der Waals surface area (Å²) in [5.41, 5.74) is 3.16. The maximum atomic E-state index is 5.30. The topological polar surface area (TPSA) is 94.3 Å². The second-order valence-electron chi connectivity index (χ2n) is 3.76. The Morgan fingerprint density at radius 1 is 1.15 bits per heavy atom. The van der Waals surface area contributed by atoms with Gasteiger partial charge in [-0.1, -0.05) is 0 Å². The second-order valence-corrected chi connectivity index (χ2v) is 4.62. The lowest BCUT2D eigenvalue weighted by Gasteiger charge is -2.11. The van der Waals surface area contributed by atoms with Crippen LogP contribution in [0.1, 0.15) is 0 Å². The molecule has 8 heteroatoms. The van der Waals surface area contributed by atoms with E-state index in [4.69, 9.17) is 15.3 Å². The van der Waals surface area contributed by atoms with E-state index in [-0.39, 0.29) is 0 Å². The molecule has 0 amide bonds. The average Bonchev–Trinajstić information content (AvgIpc) is 2.49. The molecular formula is C12H14BrN5O2. The van der Waals surface area contributed by atoms with Crippen LogP contribution in [0.3, 0.4) is 0 Å². The predicted octanol–water partition coefficient (Wildman–Crippen LogP) is 2.29. The van der Waals surface area contributed by atoms with Crippen LogP contribution in [0.15, 0.2) is 28.9 Å². The van der Waals surface area contributed by atoms with Gasteiger partial charge in [0.25, 0.3) is 0 Å². The van der Waals surface area contributed by atoms with Crippen molar-refractivity contribution in [2.45, 2.75) is 0 Å². The number of anilines is 3. The van der Waals surface area contributed by atoms with E-state index in [9.17, 15) is 0 Å². The number of aromatic nitrogens is 2. The number of rotatable bonds is 5. The number of methoxy groups -OCH3 is 2. The Morgan fingerprint density at radius 3 is 2.35 bits per heavy atom. The first kappa shape index (κ1) is 14.4. The summed E-state index contributed by atoms with van der Waals surface area (Å²) in [7, 11) is 3.19. The van der Waals surface area contributed by atoms with E-state index >= 15 is 0 Å². The molecule has 2 rings (SSSR count). The number of hydrazine groups is 1. The van der Waals surface area contributed by atoms with Gasteiger partial charge in [0.2, 0.25) is 5.95 Å². The van der Waals surface area contributed by atoms with Crippen molar-refractivity contribution in [3.63, 3.8) is 0 Å². The SMILES string of the molecule is COc1cc(Nc2nc(NN)ncc2Br)cc(OC)c1. The zero-order chi connectivity index (χ0) is 14.5. The van der Waals surface area contributed by atoms with Crippen LogP contribution in [0.5, 0.6) is 11.5 Å². The molecule has 20 heavy (non-hydrogen) atoms. The molecular weight excluding hydrogens is 326 g/mol. The van der Waals surface area contributed by atoms with Gasteiger partial charge in [0.05, 0.1) is 18.7 Å². The monoisotopic (exact) mass is 339 g/mol. The first-order valence-corrected chi connectivity index (χ1v) is 6.45. The lowest BCUT2D eigenvalue weighted by molar-refractivity contribution is 0.395. The minimum Gasteiger partial charge on any atom is -0.497 e. The van der Waals surface area contributed by atoms with Crippen molar-refractivity contribution in [2.75, 3.05) is 25.0 Å². The van der Waals surface area contributed by atoms with E-state index < -0.39 is 0 Å². The van der Waals surface area contributed by atoms with E-state index in [2.05, 4.69) is 36.6 Å². The molecule has 0 aliphatic rings. The average molecular weight is 340 g/mol. The molecule has 1 aromatic heterocycles. The molecule has 0 unspecified atom stereocenters. The number of hydrogen-bond acceptors (Lipinski definition) is 7. The zero-order valence-electron chi connectivity index (χ0n) is 11.0. The van der Waals surface area contributed by atoms with Crippen molar-refractivity contribution < 1.29 is 9.47 Å². The summed E-state index contributed by atoms with van der Waals surface area (Å²) in [5, 5.41) is 3.14. The maximum Gasteiger partial charge on any atom is 0.239 e. The highest BCUT2D eigenvalue weighted by atomic mass is 79.9. The number of benzene rings is 1. The van der Waals surface area contributed by atoms with Crippen molar-refractivity contribution in [1.82, 2.24) is 9.97 Å². The number of ether oxygens (including phenoxy) is 2. The molecule has 0 saturated heterocycles. The Labute approximate surface area is 124 Å². The predicted molar refractivity (Wildman–Crippen MR) is 80.4 cm³/mol. The van der Waals surface area contributed by atoms with E-state index in [1.54, 1.807) is 26.5 Å². The molecule has 0 fully saturated rings. The highest BCUT2D eigenvalue weighted by molar-refractivity contribution is 9.10. The zero-order valence-corrected chi connectivity index (χ0v) is 12.6. The maximum absolute atomic E-state index is 5.30. The number of nitrogen functional groups attached to an aromatic ring is 1. The molecule has 0 bridgehead atoms. The van der Waals surface area contributed by atoms with E-state index in [0.717, 1.165) is 5.69 Å². The summed E-state index contributed by atoms with van der Waals surface area (Å²) in [4.78, 5) is 8.19. The van der Waals surface area contributed by atoms with Gasteiger partial charge < -0.3 is 14.8 Å². The van der Waals surface area contributed by atoms with Gasteiger partial charge in [-0.15, -0.1) is 0 Å². The van der Waals surface area contributed by atoms with Gasteiger partial charge >= 0.3 is 0 Å². The Kier molecular flexibility index (Phi) is 4.59. The summed E-state index contributed by atoms with van der Waals surface area (Å²) in [6.07, 6.45) is 1.60. The van der Waals surface area contributed by atoms with Crippen LogP contribution in [0.2, 0.25) is 0 Å². The van der Waals surface area contributed by atoms with Crippen molar-refractivity contribution in [3.05, 3.63) is 28.9 Å². The molecule has 4 N–H and O–H groups in total. The lowest BCUT2D eigenvalue weighted by atomic mass is 10.2. The summed E-state index contributed by atoms with van der Waals surface area (Å²) >= 11 is 3.37. The van der Waals surface area contributed by atoms with Crippen LogP contribution in [0.25, 0.3) is 0 Å². The molecule has 7 nitrogen and oxygen atoms in total. The fourth-order valence-corrected chi connectivity index (χ4v) is 1.83. The van der Waals surface area contributed by atoms with Crippen LogP contribution in [0.4, 0.5) is 17.5 Å². The van der Waals surface area contributed by atoms with Gasteiger partial charge in [0, 0.05) is 30.1 Å². The van der Waals surface area contributed by atoms with Crippen molar-refractivity contribution in [1.29, 1.82) is 0 Å². The molecule has 2 aromatic rings. The van der Waals surface area contributed by atoms with Gasteiger partial charge in [-0.2, -0.15) is 4.98 Å². The molecule has 0 aliphatic heterocycles. The van der Waals surface area contributed by atoms with Crippen LogP contribution in [0, 0.1) is 0 Å². The Bertz CT molecular complexity index is 586. The van der Waals surface area contributed by atoms with E-state index in [1.165, 1.54) is 0 Å². The van der Waals surface area contributed by atoms with Crippen molar-refractivity contribution in [3.8, 4) is 11.5 Å². The van der Waals surface area contributed by atoms with Crippen molar-refractivity contribution in [2.24, 2.45) is 5.84 Å². The second kappa shape index (κ2) is 6.40. The molecule has 1 heterocycles. The highest BCUT2D eigenvalue weighted by Crippen LogP contribution is 2.30. The third-order valence-corrected chi connectivity index (χ3v) is 3.07. The highest BCUT2D eigenvalue weighted by Gasteiger charge is 2.07. The minimum absolute atomic E-state index is 0.311. The smallest absolute Gasteiger partial charge is 0.239 e. The number of nitrogens with two attached hydrogens (primary N) is 1. The summed E-state index contributed by atoms with van der Waals surface area (Å²) in [5.74, 6) is 7.53. The normalized spacial score (nSPS) is 10.0. The first-order valence-electron chi connectivity index (χ1n) is 5.65. The van der Waals surface area contributed by atoms with E-state index in [1.807, 2.05) is 12.1 Å². The molecule has 0 spiro atoms. The molecule has 1 aromatic carbocycles. The Balaban J connectivity index is 2.33. The molecule has 0 radical (unpaired) electrons. The number of hydrogen-bond donors (Lipinski definition) is 3. The number of nitrogens with zero attached hydrogens (tertiary/aromatic N) is 2. The molecule has 0 saturated carbocycles. The Morgan fingerprint density at radius 2 is 1.80 bits per heavy atom. The molecule has 106 valence electrons. The van der Waals surface area contributed by atoms with E-state index in [0.29, 0.717) is 27.7 Å². The van der Waals surface area contributed by atoms with Gasteiger partial charge in [-0.25, -0.2) is 10.8 Å². The van der Waals surface area contributed by atoms with Gasteiger partial charge in [0.1, 0.15) is 17.3 Å². The third kappa shape index (κ3) is 3.28. The summed E-state index contributed by atoms with van der Waals surface area (Å²) < 4.78 is 11.1. The van der Waals surface area contributed by atoms with Gasteiger partial charge in [-0.3, -0.25) is 5.43 Å². The van der Waals surface area contributed by atoms with Gasteiger partial charge in [0.15, 0.2) is 0 Å². The minimum atomic E-state index is 0.311. The Hall–Kier alpha value is -2.06. The largest absolute Gasteiger partial charge is 0.497 e. The molecule has 0 atom stereocenters. The third-order valence-electron chi connectivity index (χ3n) is 2.49. The van der Waals surface area contributed by atoms with Crippen LogP contribution in [-0.2, 0) is 0 Å². The quantitative estimate of drug-likeness (QED) is 0.568. The molecule has 0 aliphatic carbocycles. The number of nitrogens with one attached hydrogen (secondary N) is 2. The van der Waals surface area contributed by atoms with Crippen LogP contribution < -0.4 is 26.1 Å². The first-order chi connectivity index (χ1) is 9.66. The van der Waals surface area contributed by atoms with Crippen molar-refractivity contribution >= 4 is 33.4 Å². The van der Waals surface area contributed by atoms with Gasteiger partial charge in [-0.05, 0) is 15.9 Å². The lowest BCUT2D eigenvalue weighted by Crippen LogP contribution is -2.11. The summed E-state index contributed by atoms with van der Waals surface area (Å²) in [6.45, 7) is 0.